The Morgan fingerprint density at radius 3 is 2.28 bits per heavy atom. The molecule has 0 amide bonds. The first-order chi connectivity index (χ1) is 11.7. The molecule has 0 spiro atoms. The van der Waals surface area contributed by atoms with Crippen LogP contribution in [-0.4, -0.2) is 17.2 Å². The molecule has 0 aromatic heterocycles. The van der Waals surface area contributed by atoms with Crippen molar-refractivity contribution in [1.29, 1.82) is 0 Å². The number of rotatable bonds is 5. The van der Waals surface area contributed by atoms with Gasteiger partial charge in [-0.25, -0.2) is 4.99 Å². The molecule has 132 valence electrons. The topological polar surface area (TPSA) is 103 Å². The normalized spacial score (nSPS) is 11.9. The van der Waals surface area contributed by atoms with E-state index in [2.05, 4.69) is 15.0 Å². The number of benzene rings is 2. The van der Waals surface area contributed by atoms with E-state index >= 15 is 0 Å². The molecule has 0 aliphatic heterocycles. The fourth-order valence-corrected chi connectivity index (χ4v) is 1.83. The van der Waals surface area contributed by atoms with Crippen LogP contribution in [0.5, 0.6) is 5.75 Å². The van der Waals surface area contributed by atoms with E-state index in [9.17, 15) is 23.3 Å². The highest BCUT2D eigenvalue weighted by Gasteiger charge is 2.30. The summed E-state index contributed by atoms with van der Waals surface area (Å²) in [6.07, 6.45) is -4.75. The van der Waals surface area contributed by atoms with Gasteiger partial charge in [0.1, 0.15) is 5.75 Å². The van der Waals surface area contributed by atoms with Crippen molar-refractivity contribution >= 4 is 17.3 Å². The molecule has 0 heterocycles. The number of nitro groups is 1. The van der Waals surface area contributed by atoms with Gasteiger partial charge in [-0.1, -0.05) is 12.1 Å². The molecule has 0 unspecified atom stereocenters. The van der Waals surface area contributed by atoms with Crippen molar-refractivity contribution in [3.05, 3.63) is 64.2 Å². The van der Waals surface area contributed by atoms with Crippen molar-refractivity contribution < 1.29 is 22.8 Å². The van der Waals surface area contributed by atoms with Crippen LogP contribution in [0.4, 0.5) is 24.5 Å². The van der Waals surface area contributed by atoms with E-state index in [0.29, 0.717) is 11.3 Å². The second kappa shape index (κ2) is 7.51. The molecular weight excluding hydrogens is 341 g/mol. The van der Waals surface area contributed by atoms with Crippen LogP contribution in [0.15, 0.2) is 53.5 Å². The minimum atomic E-state index is -4.75. The van der Waals surface area contributed by atoms with Crippen molar-refractivity contribution in [2.24, 2.45) is 10.7 Å². The van der Waals surface area contributed by atoms with Crippen molar-refractivity contribution in [3.8, 4) is 5.75 Å². The highest BCUT2D eigenvalue weighted by molar-refractivity contribution is 5.92. The number of guanidine groups is 1. The van der Waals surface area contributed by atoms with Gasteiger partial charge in [-0.3, -0.25) is 10.1 Å². The van der Waals surface area contributed by atoms with E-state index < -0.39 is 11.3 Å². The van der Waals surface area contributed by atoms with E-state index in [1.807, 2.05) is 0 Å². The maximum absolute atomic E-state index is 12.1. The number of aliphatic imine (C=N–C) groups is 1. The number of anilines is 1. The minimum Gasteiger partial charge on any atom is -0.406 e. The molecule has 0 fully saturated rings. The van der Waals surface area contributed by atoms with E-state index in [1.165, 1.54) is 24.3 Å². The summed E-state index contributed by atoms with van der Waals surface area (Å²) in [5, 5.41) is 13.3. The third kappa shape index (κ3) is 6.01. The second-order valence-electron chi connectivity index (χ2n) is 4.82. The first-order valence-corrected chi connectivity index (χ1v) is 6.89. The lowest BCUT2D eigenvalue weighted by molar-refractivity contribution is -0.384. The molecule has 7 nitrogen and oxygen atoms in total. The van der Waals surface area contributed by atoms with Crippen LogP contribution in [0.1, 0.15) is 5.56 Å². The van der Waals surface area contributed by atoms with Crippen molar-refractivity contribution in [2.45, 2.75) is 12.9 Å². The van der Waals surface area contributed by atoms with E-state index in [0.717, 1.165) is 12.1 Å². The molecule has 0 bridgehead atoms. The predicted molar refractivity (Wildman–Crippen MR) is 85.2 cm³/mol. The number of nitrogens with one attached hydrogen (secondary N) is 1. The van der Waals surface area contributed by atoms with Gasteiger partial charge in [0.25, 0.3) is 5.69 Å². The van der Waals surface area contributed by atoms with Crippen molar-refractivity contribution in [2.75, 3.05) is 5.32 Å². The molecule has 3 N–H and O–H groups in total. The number of alkyl halides is 3. The Hall–Kier alpha value is -3.30. The van der Waals surface area contributed by atoms with Crippen LogP contribution in [-0.2, 0) is 6.54 Å². The van der Waals surface area contributed by atoms with Gasteiger partial charge < -0.3 is 15.8 Å². The molecule has 0 saturated carbocycles. The van der Waals surface area contributed by atoms with Crippen molar-refractivity contribution in [1.82, 2.24) is 0 Å². The molecule has 2 aromatic carbocycles. The molecular formula is C15H13F3N4O3. The molecule has 0 atom stereocenters. The number of hydrogen-bond donors (Lipinski definition) is 2. The highest BCUT2D eigenvalue weighted by atomic mass is 19.4. The van der Waals surface area contributed by atoms with Crippen LogP contribution < -0.4 is 15.8 Å². The third-order valence-corrected chi connectivity index (χ3v) is 2.94. The first kappa shape index (κ1) is 18.0. The summed E-state index contributed by atoms with van der Waals surface area (Å²) < 4.78 is 40.0. The summed E-state index contributed by atoms with van der Waals surface area (Å²) in [4.78, 5) is 14.1. The molecule has 0 saturated heterocycles. The van der Waals surface area contributed by atoms with E-state index in [4.69, 9.17) is 5.73 Å². The van der Waals surface area contributed by atoms with Gasteiger partial charge in [-0.2, -0.15) is 0 Å². The van der Waals surface area contributed by atoms with Crippen LogP contribution in [0, 0.1) is 10.1 Å². The fourth-order valence-electron chi connectivity index (χ4n) is 1.83. The fraction of sp³-hybridized carbons (Fsp3) is 0.133. The van der Waals surface area contributed by atoms with Crippen LogP contribution >= 0.6 is 0 Å². The highest BCUT2D eigenvalue weighted by Crippen LogP contribution is 2.23. The molecule has 0 aliphatic rings. The Balaban J connectivity index is 1.93. The zero-order valence-electron chi connectivity index (χ0n) is 12.7. The number of halogens is 3. The van der Waals surface area contributed by atoms with Gasteiger partial charge in [-0.15, -0.1) is 13.2 Å². The summed E-state index contributed by atoms with van der Waals surface area (Å²) in [6, 6.07) is 10.8. The molecule has 0 radical (unpaired) electrons. The predicted octanol–water partition coefficient (Wildman–Crippen LogP) is 3.42. The smallest absolute Gasteiger partial charge is 0.406 e. The lowest BCUT2D eigenvalue weighted by Crippen LogP contribution is -2.22. The zero-order chi connectivity index (χ0) is 18.4. The lowest BCUT2D eigenvalue weighted by Gasteiger charge is -2.10. The summed E-state index contributed by atoms with van der Waals surface area (Å²) in [5.41, 5.74) is 6.81. The van der Waals surface area contributed by atoms with Gasteiger partial charge in [-0.05, 0) is 29.8 Å². The largest absolute Gasteiger partial charge is 0.573 e. The van der Waals surface area contributed by atoms with Gasteiger partial charge in [0, 0.05) is 17.8 Å². The monoisotopic (exact) mass is 354 g/mol. The van der Waals surface area contributed by atoms with Crippen LogP contribution in [0.25, 0.3) is 0 Å². The van der Waals surface area contributed by atoms with Gasteiger partial charge in [0.15, 0.2) is 5.96 Å². The average molecular weight is 354 g/mol. The molecule has 2 rings (SSSR count). The lowest BCUT2D eigenvalue weighted by atomic mass is 10.2. The number of nitrogens with two attached hydrogens (primary N) is 1. The Bertz CT molecular complexity index is 759. The van der Waals surface area contributed by atoms with Crippen LogP contribution in [0.3, 0.4) is 0 Å². The quantitative estimate of drug-likeness (QED) is 0.371. The summed E-state index contributed by atoms with van der Waals surface area (Å²) >= 11 is 0. The standard InChI is InChI=1S/C15H13F3N4O3/c16-15(17,18)25-13-7-3-11(4-8-13)21-14(19)20-9-10-1-5-12(6-2-10)22(23)24/h1-8H,9H2,(H3,19,20,21). The SMILES string of the molecule is NC(=NCc1ccc([N+](=O)[O-])cc1)Nc1ccc(OC(F)(F)F)cc1. The Morgan fingerprint density at radius 2 is 1.76 bits per heavy atom. The number of nitrogens with zero attached hydrogens (tertiary/aromatic N) is 2. The average Bonchev–Trinajstić information content (AvgIpc) is 2.54. The molecule has 0 aliphatic carbocycles. The van der Waals surface area contributed by atoms with E-state index in [-0.39, 0.29) is 23.9 Å². The minimum absolute atomic E-state index is 0.0278. The maximum atomic E-state index is 12.1. The number of ether oxygens (including phenoxy) is 1. The number of non-ortho nitro benzene ring substituents is 1. The summed E-state index contributed by atoms with van der Waals surface area (Å²) in [7, 11) is 0. The maximum Gasteiger partial charge on any atom is 0.573 e. The zero-order valence-corrected chi connectivity index (χ0v) is 12.7. The van der Waals surface area contributed by atoms with Gasteiger partial charge in [0.05, 0.1) is 11.5 Å². The summed E-state index contributed by atoms with van der Waals surface area (Å²) in [6.45, 7) is 0.187. The third-order valence-electron chi connectivity index (χ3n) is 2.94. The Morgan fingerprint density at radius 1 is 1.16 bits per heavy atom. The second-order valence-corrected chi connectivity index (χ2v) is 4.82. The first-order valence-electron chi connectivity index (χ1n) is 6.89. The molecule has 25 heavy (non-hydrogen) atoms. The van der Waals surface area contributed by atoms with Gasteiger partial charge >= 0.3 is 6.36 Å². The Kier molecular flexibility index (Phi) is 5.42. The molecule has 10 heteroatoms. The number of nitro benzene ring substituents is 1. The molecule has 2 aromatic rings. The van der Waals surface area contributed by atoms with Crippen molar-refractivity contribution in [3.63, 3.8) is 0 Å². The van der Waals surface area contributed by atoms with Gasteiger partial charge in [0.2, 0.25) is 0 Å². The summed E-state index contributed by atoms with van der Waals surface area (Å²) in [5.74, 6) is -0.303. The van der Waals surface area contributed by atoms with E-state index in [1.54, 1.807) is 12.1 Å². The number of hydrogen-bond acceptors (Lipinski definition) is 4. The van der Waals surface area contributed by atoms with Crippen LogP contribution in [0.2, 0.25) is 0 Å². The Labute approximate surface area is 140 Å².